The van der Waals surface area contributed by atoms with Gasteiger partial charge in [-0.05, 0) is 28.3 Å². The van der Waals surface area contributed by atoms with Crippen molar-refractivity contribution in [3.8, 4) is 28.0 Å². The number of hydrogen-bond donors (Lipinski definition) is 1. The Balaban J connectivity index is 2.30. The van der Waals surface area contributed by atoms with E-state index in [0.717, 1.165) is 5.39 Å². The molecule has 0 radical (unpaired) electrons. The maximum absolute atomic E-state index is 9.93. The largest absolute Gasteiger partial charge is 0.507 e. The second-order valence-electron chi connectivity index (χ2n) is 4.41. The monoisotopic (exact) mass is 218 g/mol. The Morgan fingerprint density at radius 3 is 2.00 bits per heavy atom. The molecule has 4 rings (SSSR count). The third-order valence-electron chi connectivity index (χ3n) is 3.53. The molecule has 0 aliphatic heterocycles. The van der Waals surface area contributed by atoms with Gasteiger partial charge in [0.1, 0.15) is 5.75 Å². The Kier molecular flexibility index (Phi) is 1.50. The van der Waals surface area contributed by atoms with E-state index in [-0.39, 0.29) is 0 Å². The number of aromatic hydroxyl groups is 1. The van der Waals surface area contributed by atoms with Gasteiger partial charge in [-0.3, -0.25) is 0 Å². The molecule has 0 spiro atoms. The van der Waals surface area contributed by atoms with Crippen molar-refractivity contribution in [1.29, 1.82) is 0 Å². The van der Waals surface area contributed by atoms with Crippen LogP contribution >= 0.6 is 0 Å². The topological polar surface area (TPSA) is 20.2 Å². The van der Waals surface area contributed by atoms with Gasteiger partial charge in [0.25, 0.3) is 0 Å². The number of rotatable bonds is 0. The van der Waals surface area contributed by atoms with Gasteiger partial charge in [-0.25, -0.2) is 0 Å². The Morgan fingerprint density at radius 1 is 0.588 bits per heavy atom. The van der Waals surface area contributed by atoms with Gasteiger partial charge in [-0.2, -0.15) is 0 Å². The molecule has 0 aromatic heterocycles. The lowest BCUT2D eigenvalue weighted by atomic mass is 10.0. The summed E-state index contributed by atoms with van der Waals surface area (Å²) in [5.41, 5.74) is 4.98. The quantitative estimate of drug-likeness (QED) is 0.469. The van der Waals surface area contributed by atoms with Crippen LogP contribution < -0.4 is 0 Å². The minimum absolute atomic E-state index is 0.360. The Bertz CT molecular complexity index is 727. The van der Waals surface area contributed by atoms with Crippen LogP contribution in [0.1, 0.15) is 0 Å². The van der Waals surface area contributed by atoms with Gasteiger partial charge in [-0.1, -0.05) is 48.5 Å². The molecule has 0 saturated heterocycles. The van der Waals surface area contributed by atoms with Crippen LogP contribution in [0.2, 0.25) is 0 Å². The van der Waals surface area contributed by atoms with Crippen LogP contribution in [-0.2, 0) is 0 Å². The highest BCUT2D eigenvalue weighted by Crippen LogP contribution is 2.48. The molecule has 3 aromatic carbocycles. The van der Waals surface area contributed by atoms with Gasteiger partial charge in [0, 0.05) is 10.8 Å². The molecule has 1 N–H and O–H groups in total. The van der Waals surface area contributed by atoms with Gasteiger partial charge < -0.3 is 5.11 Å². The van der Waals surface area contributed by atoms with Crippen LogP contribution in [0.25, 0.3) is 33.0 Å². The minimum atomic E-state index is 0.360. The van der Waals surface area contributed by atoms with Crippen molar-refractivity contribution in [2.45, 2.75) is 0 Å². The summed E-state index contributed by atoms with van der Waals surface area (Å²) < 4.78 is 0. The van der Waals surface area contributed by atoms with Crippen LogP contribution in [0.5, 0.6) is 5.75 Å². The van der Waals surface area contributed by atoms with E-state index in [2.05, 4.69) is 30.3 Å². The first kappa shape index (κ1) is 8.82. The summed E-state index contributed by atoms with van der Waals surface area (Å²) in [7, 11) is 0. The van der Waals surface area contributed by atoms with Crippen molar-refractivity contribution in [2.75, 3.05) is 0 Å². The van der Waals surface area contributed by atoms with E-state index < -0.39 is 0 Å². The zero-order valence-corrected chi connectivity index (χ0v) is 9.14. The van der Waals surface area contributed by atoms with E-state index in [1.54, 1.807) is 6.07 Å². The zero-order chi connectivity index (χ0) is 11.4. The normalized spacial score (nSPS) is 11.8. The van der Waals surface area contributed by atoms with Crippen LogP contribution in [0.4, 0.5) is 0 Å². The SMILES string of the molecule is Oc1ccc2c3c(cccc13)-c1ccccc1-2. The number of hydrogen-bond acceptors (Lipinski definition) is 1. The van der Waals surface area contributed by atoms with E-state index in [1.807, 2.05) is 18.2 Å². The summed E-state index contributed by atoms with van der Waals surface area (Å²) >= 11 is 0. The Labute approximate surface area is 99.0 Å². The third-order valence-corrected chi connectivity index (χ3v) is 3.53. The predicted octanol–water partition coefficient (Wildman–Crippen LogP) is 4.19. The van der Waals surface area contributed by atoms with Gasteiger partial charge >= 0.3 is 0 Å². The summed E-state index contributed by atoms with van der Waals surface area (Å²) in [6, 6.07) is 18.3. The molecule has 1 nitrogen and oxygen atoms in total. The summed E-state index contributed by atoms with van der Waals surface area (Å²) in [5, 5.41) is 12.0. The van der Waals surface area contributed by atoms with E-state index in [4.69, 9.17) is 0 Å². The molecule has 80 valence electrons. The molecule has 0 bridgehead atoms. The first-order valence-corrected chi connectivity index (χ1v) is 5.71. The van der Waals surface area contributed by atoms with E-state index >= 15 is 0 Å². The molecular formula is C16H10O. The molecule has 17 heavy (non-hydrogen) atoms. The minimum Gasteiger partial charge on any atom is -0.507 e. The third kappa shape index (κ3) is 0.986. The van der Waals surface area contributed by atoms with Gasteiger partial charge in [-0.15, -0.1) is 0 Å². The lowest BCUT2D eigenvalue weighted by molar-refractivity contribution is 0.482. The number of phenolic OH excluding ortho intramolecular Hbond substituents is 1. The number of benzene rings is 3. The summed E-state index contributed by atoms with van der Waals surface area (Å²) in [4.78, 5) is 0. The second-order valence-corrected chi connectivity index (χ2v) is 4.41. The fraction of sp³-hybridized carbons (Fsp3) is 0. The maximum atomic E-state index is 9.93. The van der Waals surface area contributed by atoms with Crippen LogP contribution in [0.3, 0.4) is 0 Å². The standard InChI is InChI=1S/C16H10O/c17-15-9-8-13-11-5-2-1-4-10(11)12-6-3-7-14(15)16(12)13/h1-9,17H. The van der Waals surface area contributed by atoms with Crippen LogP contribution in [0.15, 0.2) is 54.6 Å². The molecule has 1 aliphatic rings. The summed E-state index contributed by atoms with van der Waals surface area (Å²) in [6.07, 6.45) is 0. The highest BCUT2D eigenvalue weighted by atomic mass is 16.3. The molecule has 0 atom stereocenters. The zero-order valence-electron chi connectivity index (χ0n) is 9.14. The number of phenols is 1. The van der Waals surface area contributed by atoms with Crippen molar-refractivity contribution < 1.29 is 5.11 Å². The second kappa shape index (κ2) is 2.89. The molecule has 1 aliphatic carbocycles. The Hall–Kier alpha value is -2.28. The maximum Gasteiger partial charge on any atom is 0.123 e. The highest BCUT2D eigenvalue weighted by molar-refractivity contribution is 6.16. The summed E-state index contributed by atoms with van der Waals surface area (Å²) in [6.45, 7) is 0. The van der Waals surface area contributed by atoms with E-state index in [1.165, 1.54) is 27.6 Å². The van der Waals surface area contributed by atoms with Crippen molar-refractivity contribution in [3.05, 3.63) is 54.6 Å². The fourth-order valence-corrected chi connectivity index (χ4v) is 2.79. The molecule has 0 saturated carbocycles. The van der Waals surface area contributed by atoms with Gasteiger partial charge in [0.05, 0.1) is 0 Å². The van der Waals surface area contributed by atoms with E-state index in [0.29, 0.717) is 5.75 Å². The van der Waals surface area contributed by atoms with Crippen molar-refractivity contribution in [3.63, 3.8) is 0 Å². The van der Waals surface area contributed by atoms with Gasteiger partial charge in [0.2, 0.25) is 0 Å². The molecular weight excluding hydrogens is 208 g/mol. The molecule has 3 aromatic rings. The predicted molar refractivity (Wildman–Crippen MR) is 70.0 cm³/mol. The fourth-order valence-electron chi connectivity index (χ4n) is 2.79. The lowest BCUT2D eigenvalue weighted by Crippen LogP contribution is -1.76. The average Bonchev–Trinajstić information content (AvgIpc) is 2.70. The first-order chi connectivity index (χ1) is 8.36. The molecule has 0 heterocycles. The Morgan fingerprint density at radius 2 is 1.24 bits per heavy atom. The van der Waals surface area contributed by atoms with Crippen LogP contribution in [0, 0.1) is 0 Å². The molecule has 0 amide bonds. The highest BCUT2D eigenvalue weighted by Gasteiger charge is 2.21. The average molecular weight is 218 g/mol. The van der Waals surface area contributed by atoms with E-state index in [9.17, 15) is 5.11 Å². The molecule has 0 unspecified atom stereocenters. The molecule has 1 heteroatoms. The smallest absolute Gasteiger partial charge is 0.123 e. The van der Waals surface area contributed by atoms with Crippen molar-refractivity contribution >= 4 is 10.8 Å². The summed E-state index contributed by atoms with van der Waals surface area (Å²) in [5.74, 6) is 0.360. The van der Waals surface area contributed by atoms with Crippen molar-refractivity contribution in [1.82, 2.24) is 0 Å². The first-order valence-electron chi connectivity index (χ1n) is 5.71. The molecule has 0 fully saturated rings. The van der Waals surface area contributed by atoms with Crippen LogP contribution in [-0.4, -0.2) is 5.11 Å². The lowest BCUT2D eigenvalue weighted by Gasteiger charge is -2.03. The van der Waals surface area contributed by atoms with Gasteiger partial charge in [0.15, 0.2) is 0 Å². The number of fused-ring (bicyclic) bond motifs is 3. The van der Waals surface area contributed by atoms with Crippen molar-refractivity contribution in [2.24, 2.45) is 0 Å².